The highest BCUT2D eigenvalue weighted by atomic mass is 16.7. The molecule has 1 heterocycles. The second kappa shape index (κ2) is 9.55. The standard InChI is InChI=1S/C22H26O8/c1-2-6-13-15(29-22-21(28)20(27)19(26)16(11-23)30-22)10-9-14(18(13)25)17(24)12-7-4-3-5-8-12/h3-5,7-10,16,19-23,25-28H,2,6,11H2,1H3/t16-,19-,20+,21-,22?/m1/s1. The molecule has 1 aliphatic rings. The first-order valence-electron chi connectivity index (χ1n) is 9.80. The number of aliphatic hydroxyl groups excluding tert-OH is 4. The number of carbonyl (C=O) groups excluding carboxylic acids is 1. The van der Waals surface area contributed by atoms with E-state index in [9.17, 15) is 30.3 Å². The zero-order chi connectivity index (χ0) is 21.8. The van der Waals surface area contributed by atoms with E-state index in [0.717, 1.165) is 0 Å². The Kier molecular flexibility index (Phi) is 7.06. The van der Waals surface area contributed by atoms with Crippen molar-refractivity contribution < 1.29 is 39.8 Å². The van der Waals surface area contributed by atoms with Crippen LogP contribution < -0.4 is 4.74 Å². The Morgan fingerprint density at radius 1 is 1.03 bits per heavy atom. The number of phenolic OH excluding ortho intramolecular Hbond substituents is 1. The second-order valence-electron chi connectivity index (χ2n) is 7.20. The van der Waals surface area contributed by atoms with Crippen molar-refractivity contribution in [1.29, 1.82) is 0 Å². The lowest BCUT2D eigenvalue weighted by molar-refractivity contribution is -0.277. The van der Waals surface area contributed by atoms with Gasteiger partial charge in [0.2, 0.25) is 6.29 Å². The van der Waals surface area contributed by atoms with Crippen LogP contribution in [-0.4, -0.2) is 68.6 Å². The number of phenols is 1. The van der Waals surface area contributed by atoms with Crippen molar-refractivity contribution in [2.24, 2.45) is 0 Å². The third kappa shape index (κ3) is 4.33. The Balaban J connectivity index is 1.92. The molecule has 0 spiro atoms. The fourth-order valence-electron chi connectivity index (χ4n) is 3.44. The van der Waals surface area contributed by atoms with Crippen LogP contribution in [0.4, 0.5) is 0 Å². The molecule has 8 heteroatoms. The molecule has 1 saturated heterocycles. The number of aliphatic hydroxyl groups is 4. The van der Waals surface area contributed by atoms with Crippen molar-refractivity contribution in [3.63, 3.8) is 0 Å². The van der Waals surface area contributed by atoms with E-state index < -0.39 is 37.3 Å². The molecule has 2 aromatic rings. The van der Waals surface area contributed by atoms with E-state index in [2.05, 4.69) is 0 Å². The van der Waals surface area contributed by atoms with Gasteiger partial charge in [0.25, 0.3) is 0 Å². The monoisotopic (exact) mass is 418 g/mol. The quantitative estimate of drug-likeness (QED) is 0.416. The highest BCUT2D eigenvalue weighted by Crippen LogP contribution is 2.35. The average molecular weight is 418 g/mol. The molecule has 162 valence electrons. The number of ketones is 1. The summed E-state index contributed by atoms with van der Waals surface area (Å²) < 4.78 is 11.1. The van der Waals surface area contributed by atoms with Crippen LogP contribution in [0.1, 0.15) is 34.8 Å². The lowest BCUT2D eigenvalue weighted by atomic mass is 9.97. The van der Waals surface area contributed by atoms with E-state index in [-0.39, 0.29) is 22.8 Å². The van der Waals surface area contributed by atoms with Gasteiger partial charge in [-0.25, -0.2) is 0 Å². The molecule has 5 atom stereocenters. The molecular weight excluding hydrogens is 392 g/mol. The minimum Gasteiger partial charge on any atom is -0.507 e. The van der Waals surface area contributed by atoms with Gasteiger partial charge in [-0.15, -0.1) is 0 Å². The summed E-state index contributed by atoms with van der Waals surface area (Å²) in [4.78, 5) is 12.8. The maximum Gasteiger partial charge on any atom is 0.229 e. The van der Waals surface area contributed by atoms with Crippen LogP contribution in [0.2, 0.25) is 0 Å². The summed E-state index contributed by atoms with van der Waals surface area (Å²) in [6, 6.07) is 11.5. The molecule has 1 fully saturated rings. The van der Waals surface area contributed by atoms with Gasteiger partial charge in [0, 0.05) is 11.1 Å². The van der Waals surface area contributed by atoms with E-state index in [1.54, 1.807) is 30.3 Å². The molecule has 0 aliphatic carbocycles. The predicted octanol–water partition coefficient (Wildman–Crippen LogP) is 0.754. The van der Waals surface area contributed by atoms with Crippen LogP contribution in [0.15, 0.2) is 42.5 Å². The first kappa shape index (κ1) is 22.2. The summed E-state index contributed by atoms with van der Waals surface area (Å²) >= 11 is 0. The highest BCUT2D eigenvalue weighted by molar-refractivity contribution is 6.11. The van der Waals surface area contributed by atoms with Gasteiger partial charge in [-0.2, -0.15) is 0 Å². The third-order valence-electron chi connectivity index (χ3n) is 5.11. The molecule has 2 aromatic carbocycles. The van der Waals surface area contributed by atoms with Crippen LogP contribution in [0.5, 0.6) is 11.5 Å². The van der Waals surface area contributed by atoms with Crippen molar-refractivity contribution in [3.8, 4) is 11.5 Å². The number of carbonyl (C=O) groups is 1. The first-order chi connectivity index (χ1) is 14.4. The number of hydrogen-bond acceptors (Lipinski definition) is 8. The van der Waals surface area contributed by atoms with Gasteiger partial charge >= 0.3 is 0 Å². The van der Waals surface area contributed by atoms with Gasteiger partial charge in [0.1, 0.15) is 35.9 Å². The molecule has 0 bridgehead atoms. The SMILES string of the molecule is CCCc1c(OC2O[C@H](CO)[C@@H](O)[C@H](O)[C@H]2O)ccc(C(=O)c2ccccc2)c1O. The van der Waals surface area contributed by atoms with Crippen molar-refractivity contribution in [1.82, 2.24) is 0 Å². The largest absolute Gasteiger partial charge is 0.507 e. The number of hydrogen-bond donors (Lipinski definition) is 5. The van der Waals surface area contributed by atoms with E-state index in [4.69, 9.17) is 9.47 Å². The lowest BCUT2D eigenvalue weighted by Gasteiger charge is -2.39. The zero-order valence-electron chi connectivity index (χ0n) is 16.5. The summed E-state index contributed by atoms with van der Waals surface area (Å²) in [6.07, 6.45) is -6.13. The molecule has 1 unspecified atom stereocenters. The molecule has 0 aromatic heterocycles. The molecule has 0 saturated carbocycles. The van der Waals surface area contributed by atoms with Gasteiger partial charge in [-0.3, -0.25) is 4.79 Å². The molecule has 0 radical (unpaired) electrons. The Hall–Kier alpha value is -2.49. The fourth-order valence-corrected chi connectivity index (χ4v) is 3.44. The van der Waals surface area contributed by atoms with Crippen LogP contribution >= 0.6 is 0 Å². The lowest BCUT2D eigenvalue weighted by Crippen LogP contribution is -2.60. The Bertz CT molecular complexity index is 867. The topological polar surface area (TPSA) is 137 Å². The van der Waals surface area contributed by atoms with Crippen molar-refractivity contribution in [2.75, 3.05) is 6.61 Å². The normalized spacial score (nSPS) is 26.4. The molecule has 0 amide bonds. The highest BCUT2D eigenvalue weighted by Gasteiger charge is 2.45. The maximum absolute atomic E-state index is 12.8. The van der Waals surface area contributed by atoms with Crippen LogP contribution in [0, 0.1) is 0 Å². The first-order valence-corrected chi connectivity index (χ1v) is 9.80. The number of rotatable bonds is 7. The van der Waals surface area contributed by atoms with Gasteiger partial charge < -0.3 is 35.0 Å². The number of ether oxygens (including phenoxy) is 2. The van der Waals surface area contributed by atoms with Crippen LogP contribution in [0.25, 0.3) is 0 Å². The third-order valence-corrected chi connectivity index (χ3v) is 5.11. The summed E-state index contributed by atoms with van der Waals surface area (Å²) in [5, 5.41) is 50.2. The molecule has 8 nitrogen and oxygen atoms in total. The zero-order valence-corrected chi connectivity index (χ0v) is 16.5. The molecule has 30 heavy (non-hydrogen) atoms. The van der Waals surface area contributed by atoms with Gasteiger partial charge in [0.15, 0.2) is 5.78 Å². The fraction of sp³-hybridized carbons (Fsp3) is 0.409. The average Bonchev–Trinajstić information content (AvgIpc) is 2.76. The summed E-state index contributed by atoms with van der Waals surface area (Å²) in [5.41, 5.74) is 0.903. The molecule has 1 aliphatic heterocycles. The molecule has 5 N–H and O–H groups in total. The summed E-state index contributed by atoms with van der Waals surface area (Å²) in [6.45, 7) is 1.31. The van der Waals surface area contributed by atoms with Crippen molar-refractivity contribution >= 4 is 5.78 Å². The number of aromatic hydroxyl groups is 1. The Morgan fingerprint density at radius 2 is 1.73 bits per heavy atom. The Labute approximate surface area is 173 Å². The van der Waals surface area contributed by atoms with E-state index in [1.165, 1.54) is 12.1 Å². The second-order valence-corrected chi connectivity index (χ2v) is 7.20. The predicted molar refractivity (Wildman–Crippen MR) is 106 cm³/mol. The van der Waals surface area contributed by atoms with Crippen molar-refractivity contribution in [2.45, 2.75) is 50.5 Å². The van der Waals surface area contributed by atoms with E-state index in [0.29, 0.717) is 24.0 Å². The minimum atomic E-state index is -1.58. The van der Waals surface area contributed by atoms with E-state index >= 15 is 0 Å². The molecular formula is C22H26O8. The minimum absolute atomic E-state index is 0.116. The van der Waals surface area contributed by atoms with Crippen LogP contribution in [-0.2, 0) is 11.2 Å². The van der Waals surface area contributed by atoms with Crippen LogP contribution in [0.3, 0.4) is 0 Å². The summed E-state index contributed by atoms with van der Waals surface area (Å²) in [5.74, 6) is -0.402. The Morgan fingerprint density at radius 3 is 2.37 bits per heavy atom. The molecule has 3 rings (SSSR count). The maximum atomic E-state index is 12.8. The van der Waals surface area contributed by atoms with Gasteiger partial charge in [0.05, 0.1) is 12.2 Å². The summed E-state index contributed by atoms with van der Waals surface area (Å²) in [7, 11) is 0. The van der Waals surface area contributed by atoms with Gasteiger partial charge in [-0.05, 0) is 18.6 Å². The van der Waals surface area contributed by atoms with Gasteiger partial charge in [-0.1, -0.05) is 43.7 Å². The van der Waals surface area contributed by atoms with Crippen molar-refractivity contribution in [3.05, 3.63) is 59.2 Å². The smallest absolute Gasteiger partial charge is 0.229 e. The number of benzene rings is 2. The van der Waals surface area contributed by atoms with E-state index in [1.807, 2.05) is 6.92 Å².